The van der Waals surface area contributed by atoms with Crippen molar-refractivity contribution in [3.05, 3.63) is 58.5 Å². The van der Waals surface area contributed by atoms with Crippen molar-refractivity contribution in [3.63, 3.8) is 0 Å². The second-order valence-corrected chi connectivity index (χ2v) is 9.11. The molecular formula is C26H27F3O3S. The molecule has 0 unspecified atom stereocenters. The van der Waals surface area contributed by atoms with E-state index < -0.39 is 18.8 Å². The lowest BCUT2D eigenvalue weighted by atomic mass is 9.93. The van der Waals surface area contributed by atoms with Crippen molar-refractivity contribution >= 4 is 33.0 Å². The highest BCUT2D eigenvalue weighted by atomic mass is 32.1. The van der Waals surface area contributed by atoms with Gasteiger partial charge in [0.2, 0.25) is 0 Å². The molecule has 0 aliphatic heterocycles. The molecule has 2 aromatic carbocycles. The van der Waals surface area contributed by atoms with Crippen LogP contribution in [0.25, 0.3) is 26.8 Å². The van der Waals surface area contributed by atoms with Gasteiger partial charge in [0.15, 0.2) is 6.61 Å². The molecule has 1 heterocycles. The van der Waals surface area contributed by atoms with Crippen LogP contribution < -0.4 is 4.74 Å². The average Bonchev–Trinajstić information content (AvgIpc) is 3.17. The average molecular weight is 477 g/mol. The molecular weight excluding hydrogens is 449 g/mol. The lowest BCUT2D eigenvalue weighted by molar-refractivity contribution is -0.153. The fourth-order valence-electron chi connectivity index (χ4n) is 3.91. The number of fused-ring (bicyclic) bond motifs is 1. The number of rotatable bonds is 9. The minimum atomic E-state index is -4.44. The van der Waals surface area contributed by atoms with Crippen molar-refractivity contribution in [1.29, 1.82) is 0 Å². The highest BCUT2D eigenvalue weighted by Crippen LogP contribution is 2.42. The summed E-state index contributed by atoms with van der Waals surface area (Å²) < 4.78 is 45.5. The first-order chi connectivity index (χ1) is 15.6. The van der Waals surface area contributed by atoms with Gasteiger partial charge in [-0.25, -0.2) is 4.79 Å². The molecule has 3 nitrogen and oxygen atoms in total. The monoisotopic (exact) mass is 476 g/mol. The van der Waals surface area contributed by atoms with Crippen LogP contribution >= 0.6 is 11.3 Å². The summed E-state index contributed by atoms with van der Waals surface area (Å²) in [5.74, 6) is -0.753. The van der Waals surface area contributed by atoms with Crippen LogP contribution in [0, 0.1) is 0 Å². The third kappa shape index (κ3) is 6.16. The Morgan fingerprint density at radius 1 is 1.09 bits per heavy atom. The van der Waals surface area contributed by atoms with Crippen molar-refractivity contribution in [2.24, 2.45) is 0 Å². The van der Waals surface area contributed by atoms with E-state index in [9.17, 15) is 18.0 Å². The molecule has 33 heavy (non-hydrogen) atoms. The molecule has 7 heteroatoms. The molecule has 0 aliphatic carbocycles. The Bertz CT molecular complexity index is 1180. The van der Waals surface area contributed by atoms with Crippen molar-refractivity contribution in [2.45, 2.75) is 52.6 Å². The first-order valence-electron chi connectivity index (χ1n) is 10.9. The number of aliphatic carboxylic acids is 1. The number of halogens is 3. The van der Waals surface area contributed by atoms with Gasteiger partial charge in [-0.3, -0.25) is 0 Å². The quantitative estimate of drug-likeness (QED) is 0.319. The largest absolute Gasteiger partial charge is 0.483 e. The summed E-state index contributed by atoms with van der Waals surface area (Å²) in [5, 5.41) is 9.96. The highest BCUT2D eigenvalue weighted by Gasteiger charge is 2.30. The van der Waals surface area contributed by atoms with Crippen LogP contribution in [0.4, 0.5) is 13.2 Å². The predicted molar refractivity (Wildman–Crippen MR) is 128 cm³/mol. The van der Waals surface area contributed by atoms with E-state index in [-0.39, 0.29) is 5.75 Å². The van der Waals surface area contributed by atoms with Crippen LogP contribution in [0.15, 0.2) is 42.5 Å². The predicted octanol–water partition coefficient (Wildman–Crippen LogP) is 7.90. The van der Waals surface area contributed by atoms with Gasteiger partial charge in [0.25, 0.3) is 0 Å². The third-order valence-electron chi connectivity index (χ3n) is 5.24. The summed E-state index contributed by atoms with van der Waals surface area (Å²) >= 11 is 1.46. The zero-order valence-corrected chi connectivity index (χ0v) is 19.7. The maximum Gasteiger partial charge on any atom is 0.422 e. The Hall–Kier alpha value is -2.80. The van der Waals surface area contributed by atoms with Crippen molar-refractivity contribution in [2.75, 3.05) is 6.61 Å². The fraction of sp³-hybridized carbons (Fsp3) is 0.346. The molecule has 0 fully saturated rings. The summed E-state index contributed by atoms with van der Waals surface area (Å²) in [6, 6.07) is 11.5. The van der Waals surface area contributed by atoms with Crippen molar-refractivity contribution < 1.29 is 27.8 Å². The van der Waals surface area contributed by atoms with Crippen LogP contribution in [0.5, 0.6) is 5.75 Å². The van der Waals surface area contributed by atoms with Gasteiger partial charge in [-0.05, 0) is 60.2 Å². The van der Waals surface area contributed by atoms with Gasteiger partial charge >= 0.3 is 12.1 Å². The van der Waals surface area contributed by atoms with Crippen molar-refractivity contribution in [1.82, 2.24) is 0 Å². The molecule has 0 aliphatic rings. The number of allylic oxidation sites excluding steroid dienone is 1. The number of aryl methyl sites for hydroxylation is 2. The Morgan fingerprint density at radius 2 is 1.82 bits per heavy atom. The second kappa shape index (κ2) is 10.4. The molecule has 3 rings (SSSR count). The summed E-state index contributed by atoms with van der Waals surface area (Å²) in [4.78, 5) is 11.9. The molecule has 3 aromatic rings. The topological polar surface area (TPSA) is 46.5 Å². The van der Waals surface area contributed by atoms with Crippen molar-refractivity contribution in [3.8, 4) is 16.9 Å². The molecule has 176 valence electrons. The molecule has 0 radical (unpaired) electrons. The Labute approximate surface area is 195 Å². The number of hydrogen-bond donors (Lipinski definition) is 1. The Kier molecular flexibility index (Phi) is 7.84. The summed E-state index contributed by atoms with van der Waals surface area (Å²) in [6.07, 6.45) is -0.159. The van der Waals surface area contributed by atoms with E-state index in [4.69, 9.17) is 9.84 Å². The normalized spacial score (nSPS) is 12.4. The lowest BCUT2D eigenvalue weighted by Gasteiger charge is -2.19. The van der Waals surface area contributed by atoms with Gasteiger partial charge in [0.1, 0.15) is 5.75 Å². The standard InChI is InChI=1S/C26H27F3O3S/c1-4-7-17-12-18(8-5-2)25(32-15-26(27,28)29)21(13-17)19-9-6-10-22-20(19)14-23(33-22)16(3)11-24(30)31/h6,9-14H,4-5,7-8,15H2,1-3H3,(H,30,31). The van der Waals surface area contributed by atoms with Gasteiger partial charge in [-0.15, -0.1) is 11.3 Å². The van der Waals surface area contributed by atoms with Crippen LogP contribution in [0.1, 0.15) is 49.6 Å². The van der Waals surface area contributed by atoms with E-state index in [0.717, 1.165) is 57.0 Å². The van der Waals surface area contributed by atoms with E-state index >= 15 is 0 Å². The Balaban J connectivity index is 2.24. The molecule has 0 spiro atoms. The maximum absolute atomic E-state index is 13.1. The van der Waals surface area contributed by atoms with E-state index in [2.05, 4.69) is 6.92 Å². The fourth-order valence-corrected chi connectivity index (χ4v) is 4.97. The molecule has 0 amide bonds. The number of benzene rings is 2. The summed E-state index contributed by atoms with van der Waals surface area (Å²) in [7, 11) is 0. The van der Waals surface area contributed by atoms with Gasteiger partial charge < -0.3 is 9.84 Å². The molecule has 0 saturated carbocycles. The first kappa shape index (κ1) is 24.8. The number of carboxylic acids is 1. The first-order valence-corrected chi connectivity index (χ1v) is 11.7. The highest BCUT2D eigenvalue weighted by molar-refractivity contribution is 7.20. The van der Waals surface area contributed by atoms with E-state index in [1.807, 2.05) is 43.3 Å². The summed E-state index contributed by atoms with van der Waals surface area (Å²) in [6.45, 7) is 4.44. The van der Waals surface area contributed by atoms with Crippen LogP contribution in [0.3, 0.4) is 0 Å². The molecule has 0 atom stereocenters. The zero-order chi connectivity index (χ0) is 24.2. The molecule has 1 N–H and O–H groups in total. The number of carboxylic acid groups (broad SMARTS) is 1. The number of ether oxygens (including phenoxy) is 1. The van der Waals surface area contributed by atoms with Gasteiger partial charge in [0, 0.05) is 26.6 Å². The lowest BCUT2D eigenvalue weighted by Crippen LogP contribution is -2.20. The van der Waals surface area contributed by atoms with E-state index in [0.29, 0.717) is 17.6 Å². The van der Waals surface area contributed by atoms with Gasteiger partial charge in [0.05, 0.1) is 0 Å². The second-order valence-electron chi connectivity index (χ2n) is 8.03. The number of alkyl halides is 3. The van der Waals surface area contributed by atoms with Gasteiger partial charge in [-0.1, -0.05) is 44.9 Å². The number of thiophene rings is 1. The number of hydrogen-bond acceptors (Lipinski definition) is 3. The Morgan fingerprint density at radius 3 is 2.45 bits per heavy atom. The van der Waals surface area contributed by atoms with Gasteiger partial charge in [-0.2, -0.15) is 13.2 Å². The SMILES string of the molecule is CCCc1cc(CCC)c(OCC(F)(F)F)c(-c2cccc3sc(C(C)=CC(=O)O)cc23)c1. The number of carbonyl (C=O) groups is 1. The van der Waals surface area contributed by atoms with E-state index in [1.54, 1.807) is 6.92 Å². The smallest absolute Gasteiger partial charge is 0.422 e. The summed E-state index contributed by atoms with van der Waals surface area (Å²) in [5.41, 5.74) is 3.88. The molecule has 1 aromatic heterocycles. The zero-order valence-electron chi connectivity index (χ0n) is 18.9. The minimum absolute atomic E-state index is 0.270. The van der Waals surface area contributed by atoms with Crippen LogP contribution in [-0.2, 0) is 17.6 Å². The van der Waals surface area contributed by atoms with Crippen LogP contribution in [0.2, 0.25) is 0 Å². The molecule has 0 bridgehead atoms. The minimum Gasteiger partial charge on any atom is -0.483 e. The maximum atomic E-state index is 13.1. The van der Waals surface area contributed by atoms with Crippen LogP contribution in [-0.4, -0.2) is 23.9 Å². The third-order valence-corrected chi connectivity index (χ3v) is 6.48. The molecule has 0 saturated heterocycles. The van der Waals surface area contributed by atoms with E-state index in [1.165, 1.54) is 11.3 Å².